The van der Waals surface area contributed by atoms with Crippen LogP contribution in [0.1, 0.15) is 12.0 Å². The van der Waals surface area contributed by atoms with Gasteiger partial charge in [-0.05, 0) is 18.2 Å². The molecule has 14 heavy (non-hydrogen) atoms. The highest BCUT2D eigenvalue weighted by Gasteiger charge is 1.97. The minimum Gasteiger partial charge on any atom is -0.495 e. The molecule has 0 saturated carbocycles. The number of hydrogen-bond donors (Lipinski definition) is 2. The first-order chi connectivity index (χ1) is 6.77. The van der Waals surface area contributed by atoms with Crippen LogP contribution in [0.5, 0.6) is 5.75 Å². The van der Waals surface area contributed by atoms with E-state index in [1.807, 2.05) is 18.2 Å². The zero-order valence-electron chi connectivity index (χ0n) is 8.08. The normalized spacial score (nSPS) is 9.00. The molecular weight excluding hydrogens is 194 g/mol. The van der Waals surface area contributed by atoms with E-state index >= 15 is 0 Å². The maximum Gasteiger partial charge on any atom is 0.141 e. The predicted octanol–water partition coefficient (Wildman–Crippen LogP) is 1.95. The van der Waals surface area contributed by atoms with Crippen molar-refractivity contribution in [2.24, 2.45) is 0 Å². The molecule has 1 aromatic rings. The SMILES string of the molecule is COc1ccc(C#CCCS)cc1N. The number of nitrogens with two attached hydrogens (primary N) is 1. The maximum atomic E-state index is 5.73. The molecule has 74 valence electrons. The Labute approximate surface area is 89.9 Å². The van der Waals surface area contributed by atoms with E-state index in [1.54, 1.807) is 7.11 Å². The van der Waals surface area contributed by atoms with Crippen LogP contribution in [-0.4, -0.2) is 12.9 Å². The van der Waals surface area contributed by atoms with Crippen LogP contribution in [0, 0.1) is 11.8 Å². The zero-order valence-corrected chi connectivity index (χ0v) is 8.97. The summed E-state index contributed by atoms with van der Waals surface area (Å²) in [5.41, 5.74) is 7.25. The van der Waals surface area contributed by atoms with Gasteiger partial charge in [-0.15, -0.1) is 0 Å². The van der Waals surface area contributed by atoms with Crippen molar-refractivity contribution in [3.05, 3.63) is 23.8 Å². The van der Waals surface area contributed by atoms with Gasteiger partial charge in [0.05, 0.1) is 12.8 Å². The van der Waals surface area contributed by atoms with E-state index in [0.717, 1.165) is 17.7 Å². The number of thiol groups is 1. The predicted molar refractivity (Wildman–Crippen MR) is 62.8 cm³/mol. The summed E-state index contributed by atoms with van der Waals surface area (Å²) >= 11 is 4.07. The van der Waals surface area contributed by atoms with E-state index in [2.05, 4.69) is 24.5 Å². The van der Waals surface area contributed by atoms with Crippen molar-refractivity contribution in [2.75, 3.05) is 18.6 Å². The van der Waals surface area contributed by atoms with Crippen molar-refractivity contribution < 1.29 is 4.74 Å². The summed E-state index contributed by atoms with van der Waals surface area (Å²) in [7, 11) is 1.60. The molecule has 0 fully saturated rings. The van der Waals surface area contributed by atoms with Gasteiger partial charge in [-0.3, -0.25) is 0 Å². The highest BCUT2D eigenvalue weighted by molar-refractivity contribution is 7.80. The van der Waals surface area contributed by atoms with Gasteiger partial charge in [-0.1, -0.05) is 11.8 Å². The number of hydrogen-bond acceptors (Lipinski definition) is 3. The van der Waals surface area contributed by atoms with Gasteiger partial charge >= 0.3 is 0 Å². The molecule has 3 heteroatoms. The Morgan fingerprint density at radius 1 is 1.50 bits per heavy atom. The Hall–Kier alpha value is -1.27. The van der Waals surface area contributed by atoms with Gasteiger partial charge < -0.3 is 10.5 Å². The Balaban J connectivity index is 2.82. The second-order valence-electron chi connectivity index (χ2n) is 2.73. The second kappa shape index (κ2) is 5.46. The summed E-state index contributed by atoms with van der Waals surface area (Å²) in [4.78, 5) is 0. The van der Waals surface area contributed by atoms with Gasteiger partial charge in [0.25, 0.3) is 0 Å². The minimum atomic E-state index is 0.616. The summed E-state index contributed by atoms with van der Waals surface area (Å²) in [6.07, 6.45) is 0.787. The first-order valence-corrected chi connectivity index (χ1v) is 4.94. The van der Waals surface area contributed by atoms with Crippen molar-refractivity contribution in [1.82, 2.24) is 0 Å². The Morgan fingerprint density at radius 2 is 2.29 bits per heavy atom. The van der Waals surface area contributed by atoms with Gasteiger partial charge in [0.2, 0.25) is 0 Å². The molecule has 0 heterocycles. The largest absolute Gasteiger partial charge is 0.495 e. The average molecular weight is 207 g/mol. The molecule has 0 aliphatic heterocycles. The molecule has 0 radical (unpaired) electrons. The smallest absolute Gasteiger partial charge is 0.141 e. The van der Waals surface area contributed by atoms with Crippen molar-refractivity contribution in [2.45, 2.75) is 6.42 Å². The number of benzene rings is 1. The van der Waals surface area contributed by atoms with Gasteiger partial charge in [-0.25, -0.2) is 0 Å². The molecular formula is C11H13NOS. The molecule has 2 nitrogen and oxygen atoms in total. The highest BCUT2D eigenvalue weighted by atomic mass is 32.1. The van der Waals surface area contributed by atoms with E-state index in [0.29, 0.717) is 11.4 Å². The molecule has 0 atom stereocenters. The molecule has 1 aromatic carbocycles. The van der Waals surface area contributed by atoms with Crippen molar-refractivity contribution in [3.63, 3.8) is 0 Å². The number of methoxy groups -OCH3 is 1. The Morgan fingerprint density at radius 3 is 2.86 bits per heavy atom. The summed E-state index contributed by atoms with van der Waals surface area (Å²) in [6.45, 7) is 0. The van der Waals surface area contributed by atoms with Crippen LogP contribution >= 0.6 is 12.6 Å². The van der Waals surface area contributed by atoms with E-state index in [9.17, 15) is 0 Å². The fourth-order valence-corrected chi connectivity index (χ4v) is 1.14. The Kier molecular flexibility index (Phi) is 4.21. The topological polar surface area (TPSA) is 35.2 Å². The third-order valence-electron chi connectivity index (χ3n) is 1.70. The minimum absolute atomic E-state index is 0.616. The first-order valence-electron chi connectivity index (χ1n) is 4.31. The molecule has 0 aliphatic carbocycles. The standard InChI is InChI=1S/C11H13NOS/c1-13-11-6-5-9(8-10(11)12)4-2-3-7-14/h5-6,8,14H,3,7,12H2,1H3. The molecule has 0 aliphatic rings. The molecule has 0 saturated heterocycles. The summed E-state index contributed by atoms with van der Waals surface area (Å²) in [5.74, 6) is 7.46. The van der Waals surface area contributed by atoms with E-state index in [-0.39, 0.29) is 0 Å². The zero-order chi connectivity index (χ0) is 10.4. The van der Waals surface area contributed by atoms with Crippen LogP contribution in [-0.2, 0) is 0 Å². The van der Waals surface area contributed by atoms with Crippen molar-refractivity contribution in [3.8, 4) is 17.6 Å². The fraction of sp³-hybridized carbons (Fsp3) is 0.273. The fourth-order valence-electron chi connectivity index (χ4n) is 1.03. The van der Waals surface area contributed by atoms with Gasteiger partial charge in [0.1, 0.15) is 5.75 Å². The van der Waals surface area contributed by atoms with Crippen LogP contribution in [0.2, 0.25) is 0 Å². The second-order valence-corrected chi connectivity index (χ2v) is 3.18. The van der Waals surface area contributed by atoms with Gasteiger partial charge in [-0.2, -0.15) is 12.6 Å². The third-order valence-corrected chi connectivity index (χ3v) is 1.92. The summed E-state index contributed by atoms with van der Waals surface area (Å²) in [6, 6.07) is 5.52. The lowest BCUT2D eigenvalue weighted by Gasteiger charge is -2.03. The molecule has 0 unspecified atom stereocenters. The number of rotatable bonds is 2. The van der Waals surface area contributed by atoms with Gasteiger partial charge in [0.15, 0.2) is 0 Å². The first kappa shape index (κ1) is 10.8. The summed E-state index contributed by atoms with van der Waals surface area (Å²) < 4.78 is 5.04. The number of ether oxygens (including phenoxy) is 1. The van der Waals surface area contributed by atoms with Crippen LogP contribution in [0.4, 0.5) is 5.69 Å². The monoisotopic (exact) mass is 207 g/mol. The van der Waals surface area contributed by atoms with E-state index < -0.39 is 0 Å². The summed E-state index contributed by atoms with van der Waals surface area (Å²) in [5, 5.41) is 0. The van der Waals surface area contributed by atoms with Crippen LogP contribution in [0.25, 0.3) is 0 Å². The Bertz CT molecular complexity index is 365. The third kappa shape index (κ3) is 2.90. The highest BCUT2D eigenvalue weighted by Crippen LogP contribution is 2.21. The van der Waals surface area contributed by atoms with Gasteiger partial charge in [0, 0.05) is 17.7 Å². The average Bonchev–Trinajstić information content (AvgIpc) is 2.18. The van der Waals surface area contributed by atoms with Crippen molar-refractivity contribution in [1.29, 1.82) is 0 Å². The van der Waals surface area contributed by atoms with Crippen molar-refractivity contribution >= 4 is 18.3 Å². The lowest BCUT2D eigenvalue weighted by molar-refractivity contribution is 0.417. The number of anilines is 1. The molecule has 1 rings (SSSR count). The van der Waals surface area contributed by atoms with Crippen LogP contribution in [0.3, 0.4) is 0 Å². The van der Waals surface area contributed by atoms with E-state index in [4.69, 9.17) is 10.5 Å². The lowest BCUT2D eigenvalue weighted by atomic mass is 10.2. The number of nitrogen functional groups attached to an aromatic ring is 1. The molecule has 0 amide bonds. The van der Waals surface area contributed by atoms with Crippen LogP contribution in [0.15, 0.2) is 18.2 Å². The molecule has 0 spiro atoms. The van der Waals surface area contributed by atoms with E-state index in [1.165, 1.54) is 0 Å². The van der Waals surface area contributed by atoms with Crippen LogP contribution < -0.4 is 10.5 Å². The quantitative estimate of drug-likeness (QED) is 0.441. The molecule has 0 bridgehead atoms. The lowest BCUT2D eigenvalue weighted by Crippen LogP contribution is -1.92. The maximum absolute atomic E-state index is 5.73. The molecule has 0 aromatic heterocycles. The molecule has 2 N–H and O–H groups in total.